The number of carboxylic acids is 1. The van der Waals surface area contributed by atoms with Gasteiger partial charge in [0.25, 0.3) is 0 Å². The third-order valence-corrected chi connectivity index (χ3v) is 3.31. The topological polar surface area (TPSA) is 87.7 Å². The third-order valence-electron chi connectivity index (χ3n) is 3.08. The maximum atomic E-state index is 11.8. The van der Waals surface area contributed by atoms with E-state index in [0.717, 1.165) is 0 Å². The Morgan fingerprint density at radius 2 is 2.05 bits per heavy atom. The van der Waals surface area contributed by atoms with Crippen LogP contribution < -0.4 is 15.4 Å². The standard InChI is InChI=1S/C15H21ClN2O4/c1-9(2)14(15(20)21)18-13(19)6-7-17-11-8-10(16)4-5-12(11)22-3/h4-5,8-9,14,17H,6-7H2,1-3H3,(H,18,19)(H,20,21). The predicted molar refractivity (Wildman–Crippen MR) is 85.5 cm³/mol. The fraction of sp³-hybridized carbons (Fsp3) is 0.467. The molecule has 0 aliphatic rings. The first-order valence-electron chi connectivity index (χ1n) is 6.94. The lowest BCUT2D eigenvalue weighted by molar-refractivity contribution is -0.143. The van der Waals surface area contributed by atoms with Crippen LogP contribution in [0.3, 0.4) is 0 Å². The lowest BCUT2D eigenvalue weighted by Crippen LogP contribution is -2.44. The second-order valence-electron chi connectivity index (χ2n) is 5.15. The zero-order valence-electron chi connectivity index (χ0n) is 12.9. The van der Waals surface area contributed by atoms with Crippen molar-refractivity contribution in [3.63, 3.8) is 0 Å². The van der Waals surface area contributed by atoms with E-state index in [1.165, 1.54) is 0 Å². The molecule has 0 spiro atoms. The van der Waals surface area contributed by atoms with Gasteiger partial charge in [-0.25, -0.2) is 4.79 Å². The van der Waals surface area contributed by atoms with E-state index >= 15 is 0 Å². The van der Waals surface area contributed by atoms with Gasteiger partial charge in [0.2, 0.25) is 5.91 Å². The van der Waals surface area contributed by atoms with Gasteiger partial charge in [-0.05, 0) is 24.1 Å². The Balaban J connectivity index is 2.52. The molecule has 1 atom stereocenters. The maximum absolute atomic E-state index is 11.8. The molecule has 22 heavy (non-hydrogen) atoms. The van der Waals surface area contributed by atoms with Crippen molar-refractivity contribution in [1.82, 2.24) is 5.32 Å². The van der Waals surface area contributed by atoms with Crippen LogP contribution in [0.2, 0.25) is 5.02 Å². The van der Waals surface area contributed by atoms with Crippen molar-refractivity contribution in [2.45, 2.75) is 26.3 Å². The molecule has 0 heterocycles. The highest BCUT2D eigenvalue weighted by Gasteiger charge is 2.22. The van der Waals surface area contributed by atoms with Gasteiger partial charge in [0.15, 0.2) is 0 Å². The van der Waals surface area contributed by atoms with Crippen LogP contribution >= 0.6 is 11.6 Å². The van der Waals surface area contributed by atoms with E-state index in [0.29, 0.717) is 23.0 Å². The van der Waals surface area contributed by atoms with E-state index in [1.54, 1.807) is 39.2 Å². The molecule has 122 valence electrons. The Morgan fingerprint density at radius 1 is 1.36 bits per heavy atom. The van der Waals surface area contributed by atoms with Gasteiger partial charge >= 0.3 is 5.97 Å². The zero-order chi connectivity index (χ0) is 16.7. The molecule has 1 rings (SSSR count). The molecule has 1 amide bonds. The van der Waals surface area contributed by atoms with Crippen LogP contribution in [0.15, 0.2) is 18.2 Å². The Morgan fingerprint density at radius 3 is 2.59 bits per heavy atom. The average Bonchev–Trinajstić information content (AvgIpc) is 2.44. The van der Waals surface area contributed by atoms with E-state index in [4.69, 9.17) is 21.4 Å². The minimum atomic E-state index is -1.03. The lowest BCUT2D eigenvalue weighted by atomic mass is 10.0. The molecule has 0 aromatic heterocycles. The molecule has 0 saturated carbocycles. The molecule has 0 radical (unpaired) electrons. The molecule has 1 unspecified atom stereocenters. The van der Waals surface area contributed by atoms with Gasteiger partial charge in [-0.15, -0.1) is 0 Å². The van der Waals surface area contributed by atoms with Crippen molar-refractivity contribution < 1.29 is 19.4 Å². The van der Waals surface area contributed by atoms with E-state index in [9.17, 15) is 9.59 Å². The van der Waals surface area contributed by atoms with Crippen molar-refractivity contribution in [2.24, 2.45) is 5.92 Å². The highest BCUT2D eigenvalue weighted by Crippen LogP contribution is 2.27. The minimum absolute atomic E-state index is 0.145. The van der Waals surface area contributed by atoms with Crippen LogP contribution in [0.4, 0.5) is 5.69 Å². The number of nitrogens with one attached hydrogen (secondary N) is 2. The monoisotopic (exact) mass is 328 g/mol. The lowest BCUT2D eigenvalue weighted by Gasteiger charge is -2.18. The summed E-state index contributed by atoms with van der Waals surface area (Å²) in [6.45, 7) is 3.83. The molecule has 0 saturated heterocycles. The predicted octanol–water partition coefficient (Wildman–Crippen LogP) is 2.38. The third kappa shape index (κ3) is 5.44. The van der Waals surface area contributed by atoms with E-state index in [-0.39, 0.29) is 18.2 Å². The first-order valence-corrected chi connectivity index (χ1v) is 7.32. The summed E-state index contributed by atoms with van der Waals surface area (Å²) in [7, 11) is 1.54. The summed E-state index contributed by atoms with van der Waals surface area (Å²) in [5, 5.41) is 15.1. The number of carbonyl (C=O) groups is 2. The van der Waals surface area contributed by atoms with Gasteiger partial charge in [0.05, 0.1) is 12.8 Å². The van der Waals surface area contributed by atoms with E-state index < -0.39 is 12.0 Å². The normalized spacial score (nSPS) is 11.9. The second-order valence-corrected chi connectivity index (χ2v) is 5.59. The highest BCUT2D eigenvalue weighted by molar-refractivity contribution is 6.30. The van der Waals surface area contributed by atoms with Crippen molar-refractivity contribution in [3.8, 4) is 5.75 Å². The molecule has 7 heteroatoms. The summed E-state index contributed by atoms with van der Waals surface area (Å²) in [6, 6.07) is 4.25. The highest BCUT2D eigenvalue weighted by atomic mass is 35.5. The summed E-state index contributed by atoms with van der Waals surface area (Å²) in [5.41, 5.74) is 0.682. The fourth-order valence-electron chi connectivity index (χ4n) is 1.89. The molecule has 1 aromatic rings. The van der Waals surface area contributed by atoms with Crippen molar-refractivity contribution in [2.75, 3.05) is 19.0 Å². The number of carbonyl (C=O) groups excluding carboxylic acids is 1. The number of hydrogen-bond donors (Lipinski definition) is 3. The van der Waals surface area contributed by atoms with E-state index in [1.807, 2.05) is 0 Å². The molecule has 0 bridgehead atoms. The second kappa shape index (κ2) is 8.48. The van der Waals surface area contributed by atoms with Crippen LogP contribution in [0, 0.1) is 5.92 Å². The number of rotatable bonds is 8. The summed E-state index contributed by atoms with van der Waals surface area (Å²) >= 11 is 5.91. The molecule has 1 aromatic carbocycles. The number of carboxylic acid groups (broad SMARTS) is 1. The molecule has 6 nitrogen and oxygen atoms in total. The Labute approximate surface area is 134 Å². The number of hydrogen-bond acceptors (Lipinski definition) is 4. The Kier molecular flexibility index (Phi) is 6.98. The minimum Gasteiger partial charge on any atom is -0.495 e. The molecule has 0 aliphatic carbocycles. The first-order chi connectivity index (χ1) is 10.3. The van der Waals surface area contributed by atoms with Crippen LogP contribution in [-0.4, -0.2) is 36.7 Å². The summed E-state index contributed by atoms with van der Waals surface area (Å²) in [6.07, 6.45) is 0.145. The van der Waals surface area contributed by atoms with Gasteiger partial charge in [0, 0.05) is 18.0 Å². The number of methoxy groups -OCH3 is 1. The van der Waals surface area contributed by atoms with Crippen molar-refractivity contribution >= 4 is 29.2 Å². The zero-order valence-corrected chi connectivity index (χ0v) is 13.6. The van der Waals surface area contributed by atoms with Crippen LogP contribution in [0.25, 0.3) is 0 Å². The van der Waals surface area contributed by atoms with Gasteiger partial charge in [-0.1, -0.05) is 25.4 Å². The number of amides is 1. The van der Waals surface area contributed by atoms with Gasteiger partial charge < -0.3 is 20.5 Å². The van der Waals surface area contributed by atoms with Crippen LogP contribution in [0.1, 0.15) is 20.3 Å². The number of halogens is 1. The number of aliphatic carboxylic acids is 1. The van der Waals surface area contributed by atoms with Crippen LogP contribution in [0.5, 0.6) is 5.75 Å². The van der Waals surface area contributed by atoms with Crippen LogP contribution in [-0.2, 0) is 9.59 Å². The summed E-state index contributed by atoms with van der Waals surface area (Å²) in [5.74, 6) is -0.916. The summed E-state index contributed by atoms with van der Waals surface area (Å²) < 4.78 is 5.19. The summed E-state index contributed by atoms with van der Waals surface area (Å²) in [4.78, 5) is 22.8. The average molecular weight is 329 g/mol. The number of benzene rings is 1. The molecule has 0 aliphatic heterocycles. The largest absolute Gasteiger partial charge is 0.495 e. The van der Waals surface area contributed by atoms with Crippen molar-refractivity contribution in [1.29, 1.82) is 0 Å². The quantitative estimate of drug-likeness (QED) is 0.682. The van der Waals surface area contributed by atoms with Crippen molar-refractivity contribution in [3.05, 3.63) is 23.2 Å². The van der Waals surface area contributed by atoms with Gasteiger partial charge in [-0.3, -0.25) is 4.79 Å². The first kappa shape index (κ1) is 18.1. The molecular weight excluding hydrogens is 308 g/mol. The number of ether oxygens (including phenoxy) is 1. The fourth-order valence-corrected chi connectivity index (χ4v) is 2.06. The Bertz CT molecular complexity index is 534. The maximum Gasteiger partial charge on any atom is 0.326 e. The Hall–Kier alpha value is -1.95. The van der Waals surface area contributed by atoms with Gasteiger partial charge in [-0.2, -0.15) is 0 Å². The molecular formula is C15H21ClN2O4. The molecule has 3 N–H and O–H groups in total. The van der Waals surface area contributed by atoms with Gasteiger partial charge in [0.1, 0.15) is 11.8 Å². The van der Waals surface area contributed by atoms with E-state index in [2.05, 4.69) is 10.6 Å². The smallest absolute Gasteiger partial charge is 0.326 e. The molecule has 0 fully saturated rings. The SMILES string of the molecule is COc1ccc(Cl)cc1NCCC(=O)NC(C(=O)O)C(C)C. The number of anilines is 1.